The lowest BCUT2D eigenvalue weighted by Crippen LogP contribution is -2.49. The van der Waals surface area contributed by atoms with Crippen LogP contribution in [-0.4, -0.2) is 64.2 Å². The number of benzene rings is 1. The van der Waals surface area contributed by atoms with Crippen molar-refractivity contribution in [2.45, 2.75) is 51.6 Å². The molecule has 1 saturated heterocycles. The zero-order chi connectivity index (χ0) is 22.7. The number of alkyl carbamates (subject to hydrolysis) is 1. The molecule has 1 aromatic rings. The Labute approximate surface area is 186 Å². The number of nitrogens with one attached hydrogen (secondary N) is 3. The van der Waals surface area contributed by atoms with Gasteiger partial charge in [0.15, 0.2) is 5.96 Å². The van der Waals surface area contributed by atoms with E-state index in [0.717, 1.165) is 38.3 Å². The summed E-state index contributed by atoms with van der Waals surface area (Å²) >= 11 is 0. The highest BCUT2D eigenvalue weighted by atomic mass is 16.6. The topological polar surface area (TPSA) is 93.2 Å². The van der Waals surface area contributed by atoms with E-state index in [1.54, 1.807) is 7.05 Å². The average Bonchev–Trinajstić information content (AvgIpc) is 2.73. The van der Waals surface area contributed by atoms with Gasteiger partial charge in [-0.2, -0.15) is 0 Å². The monoisotopic (exact) mass is 434 g/mol. The summed E-state index contributed by atoms with van der Waals surface area (Å²) < 4.78 is 16.5. The summed E-state index contributed by atoms with van der Waals surface area (Å²) in [5.41, 5.74) is 0.734. The lowest BCUT2D eigenvalue weighted by molar-refractivity contribution is 0.0513. The molecule has 8 heteroatoms. The van der Waals surface area contributed by atoms with Crippen LogP contribution in [-0.2, 0) is 14.9 Å². The summed E-state index contributed by atoms with van der Waals surface area (Å²) in [4.78, 5) is 16.1. The molecule has 1 aromatic carbocycles. The van der Waals surface area contributed by atoms with Crippen molar-refractivity contribution in [2.75, 3.05) is 46.5 Å². The van der Waals surface area contributed by atoms with E-state index in [1.165, 1.54) is 5.56 Å². The molecular weight excluding hydrogens is 396 g/mol. The highest BCUT2D eigenvalue weighted by Gasteiger charge is 2.34. The standard InChI is InChI=1S/C23H38N4O4/c1-6-30-19-9-7-18(8-10-19)23(11-15-29-16-12-23)17-27-20(24-5)25-13-14-26-21(28)31-22(2,3)4/h7-10H,6,11-17H2,1-5H3,(H,26,28)(H2,24,25,27). The normalized spacial score (nSPS) is 16.4. The van der Waals surface area contributed by atoms with Crippen molar-refractivity contribution in [1.29, 1.82) is 0 Å². The number of carbonyl (C=O) groups is 1. The SMILES string of the molecule is CCOc1ccc(C2(CNC(=NC)NCCNC(=O)OC(C)(C)C)CCOCC2)cc1. The highest BCUT2D eigenvalue weighted by Crippen LogP contribution is 2.35. The molecule has 1 fully saturated rings. The van der Waals surface area contributed by atoms with E-state index < -0.39 is 11.7 Å². The fraction of sp³-hybridized carbons (Fsp3) is 0.652. The van der Waals surface area contributed by atoms with E-state index in [0.29, 0.717) is 25.7 Å². The molecule has 31 heavy (non-hydrogen) atoms. The summed E-state index contributed by atoms with van der Waals surface area (Å²) in [6.45, 7) is 11.4. The smallest absolute Gasteiger partial charge is 0.407 e. The molecule has 0 aliphatic carbocycles. The van der Waals surface area contributed by atoms with Crippen molar-refractivity contribution >= 4 is 12.1 Å². The van der Waals surface area contributed by atoms with Gasteiger partial charge in [0, 0.05) is 45.3 Å². The second-order valence-electron chi connectivity index (χ2n) is 8.63. The minimum atomic E-state index is -0.506. The van der Waals surface area contributed by atoms with Crippen LogP contribution >= 0.6 is 0 Å². The molecule has 0 unspecified atom stereocenters. The van der Waals surface area contributed by atoms with Crippen LogP contribution < -0.4 is 20.7 Å². The first-order chi connectivity index (χ1) is 14.8. The summed E-state index contributed by atoms with van der Waals surface area (Å²) in [6, 6.07) is 8.37. The van der Waals surface area contributed by atoms with Crippen molar-refractivity contribution in [3.63, 3.8) is 0 Å². The summed E-state index contributed by atoms with van der Waals surface area (Å²) in [5.74, 6) is 1.58. The van der Waals surface area contributed by atoms with Crippen LogP contribution in [0.2, 0.25) is 0 Å². The molecule has 0 atom stereocenters. The van der Waals surface area contributed by atoms with E-state index in [2.05, 4.69) is 33.1 Å². The van der Waals surface area contributed by atoms with Gasteiger partial charge in [-0.25, -0.2) is 4.79 Å². The van der Waals surface area contributed by atoms with Gasteiger partial charge in [-0.3, -0.25) is 4.99 Å². The molecule has 3 N–H and O–H groups in total. The van der Waals surface area contributed by atoms with Gasteiger partial charge < -0.3 is 30.2 Å². The number of carbonyl (C=O) groups excluding carboxylic acids is 1. The second kappa shape index (κ2) is 11.8. The Morgan fingerprint density at radius 2 is 1.74 bits per heavy atom. The molecule has 1 aliphatic heterocycles. The molecule has 174 valence electrons. The fourth-order valence-corrected chi connectivity index (χ4v) is 3.53. The van der Waals surface area contributed by atoms with Gasteiger partial charge in [0.25, 0.3) is 0 Å². The Kier molecular flexibility index (Phi) is 9.43. The molecule has 0 spiro atoms. The molecule has 0 bridgehead atoms. The van der Waals surface area contributed by atoms with Crippen LogP contribution in [0.4, 0.5) is 4.79 Å². The van der Waals surface area contributed by atoms with Gasteiger partial charge in [-0.1, -0.05) is 12.1 Å². The van der Waals surface area contributed by atoms with E-state index >= 15 is 0 Å². The Hall–Kier alpha value is -2.48. The van der Waals surface area contributed by atoms with Gasteiger partial charge >= 0.3 is 6.09 Å². The fourth-order valence-electron chi connectivity index (χ4n) is 3.53. The first kappa shape index (κ1) is 24.8. The third-order valence-electron chi connectivity index (χ3n) is 5.13. The number of guanidine groups is 1. The Bertz CT molecular complexity index is 707. The summed E-state index contributed by atoms with van der Waals surface area (Å²) in [7, 11) is 1.74. The zero-order valence-corrected chi connectivity index (χ0v) is 19.5. The molecule has 1 heterocycles. The summed E-state index contributed by atoms with van der Waals surface area (Å²) in [6.07, 6.45) is 1.45. The molecule has 2 rings (SSSR count). The third-order valence-corrected chi connectivity index (χ3v) is 5.13. The average molecular weight is 435 g/mol. The van der Waals surface area contributed by atoms with Gasteiger partial charge in [-0.05, 0) is 58.2 Å². The Morgan fingerprint density at radius 3 is 2.32 bits per heavy atom. The van der Waals surface area contributed by atoms with Gasteiger partial charge in [-0.15, -0.1) is 0 Å². The van der Waals surface area contributed by atoms with Gasteiger partial charge in [0.05, 0.1) is 6.61 Å². The molecule has 0 saturated carbocycles. The van der Waals surface area contributed by atoms with E-state index in [9.17, 15) is 4.79 Å². The number of nitrogens with zero attached hydrogens (tertiary/aromatic N) is 1. The van der Waals surface area contributed by atoms with E-state index in [4.69, 9.17) is 14.2 Å². The van der Waals surface area contributed by atoms with E-state index in [1.807, 2.05) is 39.8 Å². The van der Waals surface area contributed by atoms with Crippen molar-refractivity contribution in [1.82, 2.24) is 16.0 Å². The number of hydrogen-bond donors (Lipinski definition) is 3. The minimum absolute atomic E-state index is 0.0324. The van der Waals surface area contributed by atoms with Crippen molar-refractivity contribution in [3.05, 3.63) is 29.8 Å². The molecule has 8 nitrogen and oxygen atoms in total. The first-order valence-electron chi connectivity index (χ1n) is 11.0. The Morgan fingerprint density at radius 1 is 1.10 bits per heavy atom. The largest absolute Gasteiger partial charge is 0.494 e. The van der Waals surface area contributed by atoms with Crippen LogP contribution in [0.1, 0.15) is 46.1 Å². The molecule has 1 amide bonds. The molecule has 0 radical (unpaired) electrons. The number of ether oxygens (including phenoxy) is 3. The number of rotatable bonds is 8. The maximum absolute atomic E-state index is 11.7. The first-order valence-corrected chi connectivity index (χ1v) is 11.0. The predicted octanol–water partition coefficient (Wildman–Crippen LogP) is 2.82. The van der Waals surface area contributed by atoms with Crippen LogP contribution in [0.25, 0.3) is 0 Å². The Balaban J connectivity index is 1.89. The van der Waals surface area contributed by atoms with Crippen LogP contribution in [0.15, 0.2) is 29.3 Å². The highest BCUT2D eigenvalue weighted by molar-refractivity contribution is 5.79. The zero-order valence-electron chi connectivity index (χ0n) is 19.5. The van der Waals surface area contributed by atoms with E-state index in [-0.39, 0.29) is 5.41 Å². The second-order valence-corrected chi connectivity index (χ2v) is 8.63. The maximum Gasteiger partial charge on any atom is 0.407 e. The lowest BCUT2D eigenvalue weighted by atomic mass is 9.74. The van der Waals surface area contributed by atoms with Crippen LogP contribution in [0.5, 0.6) is 5.75 Å². The minimum Gasteiger partial charge on any atom is -0.494 e. The quantitative estimate of drug-likeness (QED) is 0.331. The molecular formula is C23H38N4O4. The van der Waals surface area contributed by atoms with Crippen LogP contribution in [0, 0.1) is 0 Å². The van der Waals surface area contributed by atoms with Crippen molar-refractivity contribution in [2.24, 2.45) is 4.99 Å². The molecule has 1 aliphatic rings. The number of aliphatic imine (C=N–C) groups is 1. The van der Waals surface area contributed by atoms with Crippen molar-refractivity contribution in [3.8, 4) is 5.75 Å². The van der Waals surface area contributed by atoms with Gasteiger partial charge in [0.2, 0.25) is 0 Å². The predicted molar refractivity (Wildman–Crippen MR) is 123 cm³/mol. The lowest BCUT2D eigenvalue weighted by Gasteiger charge is -2.38. The third kappa shape index (κ3) is 8.28. The molecule has 0 aromatic heterocycles. The number of hydrogen-bond acceptors (Lipinski definition) is 5. The number of amides is 1. The van der Waals surface area contributed by atoms with Crippen molar-refractivity contribution < 1.29 is 19.0 Å². The maximum atomic E-state index is 11.7. The van der Waals surface area contributed by atoms with Gasteiger partial charge in [0.1, 0.15) is 11.4 Å². The van der Waals surface area contributed by atoms with Crippen LogP contribution in [0.3, 0.4) is 0 Å². The summed E-state index contributed by atoms with van der Waals surface area (Å²) in [5, 5.41) is 9.43.